The molecule has 6 heteroatoms. The van der Waals surface area contributed by atoms with E-state index in [4.69, 9.17) is 14.2 Å². The second-order valence-electron chi connectivity index (χ2n) is 3.63. The summed E-state index contributed by atoms with van der Waals surface area (Å²) < 4.78 is 16.0. The Bertz CT molecular complexity index is 389. The van der Waals surface area contributed by atoms with E-state index in [-0.39, 0.29) is 11.8 Å². The first-order valence-corrected chi connectivity index (χ1v) is 5.32. The predicted octanol–water partition coefficient (Wildman–Crippen LogP) is 1.39. The fourth-order valence-corrected chi connectivity index (χ4v) is 1.51. The van der Waals surface area contributed by atoms with Crippen molar-refractivity contribution in [3.05, 3.63) is 34.4 Å². The highest BCUT2D eigenvalue weighted by atomic mass is 16.6. The highest BCUT2D eigenvalue weighted by molar-refractivity contribution is 5.37. The first-order valence-electron chi connectivity index (χ1n) is 5.32. The molecule has 0 amide bonds. The van der Waals surface area contributed by atoms with Crippen molar-refractivity contribution in [1.82, 2.24) is 0 Å². The van der Waals surface area contributed by atoms with Gasteiger partial charge in [-0.05, 0) is 6.07 Å². The van der Waals surface area contributed by atoms with Gasteiger partial charge in [0.05, 0.1) is 30.8 Å². The highest BCUT2D eigenvalue weighted by Crippen LogP contribution is 2.19. The van der Waals surface area contributed by atoms with Crippen LogP contribution in [-0.4, -0.2) is 37.5 Å². The molecule has 0 aromatic heterocycles. The zero-order chi connectivity index (χ0) is 12.1. The lowest BCUT2D eigenvalue weighted by Gasteiger charge is -2.22. The molecular formula is C11H13NO5. The number of non-ortho nitro benzene ring substituents is 1. The summed E-state index contributed by atoms with van der Waals surface area (Å²) in [6.07, 6.45) is -0.108. The van der Waals surface area contributed by atoms with Crippen LogP contribution < -0.4 is 4.74 Å². The maximum absolute atomic E-state index is 10.6. The molecule has 0 radical (unpaired) electrons. The van der Waals surface area contributed by atoms with E-state index in [1.165, 1.54) is 12.1 Å². The maximum atomic E-state index is 10.6. The monoisotopic (exact) mass is 239 g/mol. The minimum Gasteiger partial charge on any atom is -0.491 e. The van der Waals surface area contributed by atoms with Crippen molar-refractivity contribution >= 4 is 5.69 Å². The Kier molecular flexibility index (Phi) is 3.89. The summed E-state index contributed by atoms with van der Waals surface area (Å²) in [6.45, 7) is 1.99. The number of rotatable bonds is 4. The Labute approximate surface area is 98.2 Å². The van der Waals surface area contributed by atoms with E-state index in [1.807, 2.05) is 0 Å². The minimum absolute atomic E-state index is 0.0170. The van der Waals surface area contributed by atoms with E-state index in [9.17, 15) is 10.1 Å². The van der Waals surface area contributed by atoms with Gasteiger partial charge in [0.2, 0.25) is 0 Å². The molecule has 0 bridgehead atoms. The second-order valence-corrected chi connectivity index (χ2v) is 3.63. The molecule has 92 valence electrons. The number of nitro benzene ring substituents is 1. The maximum Gasteiger partial charge on any atom is 0.273 e. The van der Waals surface area contributed by atoms with Crippen LogP contribution in [0.4, 0.5) is 5.69 Å². The summed E-state index contributed by atoms with van der Waals surface area (Å²) in [4.78, 5) is 10.1. The molecule has 1 saturated heterocycles. The van der Waals surface area contributed by atoms with E-state index in [0.717, 1.165) is 0 Å². The fraction of sp³-hybridized carbons (Fsp3) is 0.455. The normalized spacial score (nSPS) is 19.9. The van der Waals surface area contributed by atoms with Crippen LogP contribution in [0.5, 0.6) is 5.75 Å². The molecule has 0 saturated carbocycles. The Morgan fingerprint density at radius 2 is 2.35 bits per heavy atom. The number of nitrogens with zero attached hydrogens (tertiary/aromatic N) is 1. The van der Waals surface area contributed by atoms with Crippen molar-refractivity contribution < 1.29 is 19.1 Å². The van der Waals surface area contributed by atoms with Crippen molar-refractivity contribution in [2.45, 2.75) is 6.10 Å². The first kappa shape index (κ1) is 11.8. The van der Waals surface area contributed by atoms with Crippen LogP contribution in [0.1, 0.15) is 0 Å². The van der Waals surface area contributed by atoms with Crippen LogP contribution in [-0.2, 0) is 9.47 Å². The standard InChI is InChI=1S/C11H13NO5/c13-12(14)9-2-1-3-10(6-9)17-8-11-7-15-4-5-16-11/h1-3,6,11H,4-5,7-8H2/t11-/m0/s1. The molecule has 1 aliphatic heterocycles. The first-order chi connectivity index (χ1) is 8.25. The van der Waals surface area contributed by atoms with Gasteiger partial charge in [-0.3, -0.25) is 10.1 Å². The van der Waals surface area contributed by atoms with Gasteiger partial charge in [0.1, 0.15) is 18.5 Å². The van der Waals surface area contributed by atoms with Crippen LogP contribution in [0.25, 0.3) is 0 Å². The Balaban J connectivity index is 1.89. The molecule has 1 fully saturated rings. The topological polar surface area (TPSA) is 70.8 Å². The quantitative estimate of drug-likeness (QED) is 0.586. The van der Waals surface area contributed by atoms with Gasteiger partial charge in [-0.15, -0.1) is 0 Å². The van der Waals surface area contributed by atoms with Crippen LogP contribution in [0, 0.1) is 10.1 Å². The number of hydrogen-bond acceptors (Lipinski definition) is 5. The summed E-state index contributed by atoms with van der Waals surface area (Å²) in [7, 11) is 0. The number of hydrogen-bond donors (Lipinski definition) is 0. The average molecular weight is 239 g/mol. The van der Waals surface area contributed by atoms with Crippen molar-refractivity contribution in [3.8, 4) is 5.75 Å². The summed E-state index contributed by atoms with van der Waals surface area (Å²) in [5, 5.41) is 10.6. The fourth-order valence-electron chi connectivity index (χ4n) is 1.51. The van der Waals surface area contributed by atoms with Gasteiger partial charge in [-0.25, -0.2) is 0 Å². The molecule has 0 unspecified atom stereocenters. The smallest absolute Gasteiger partial charge is 0.273 e. The lowest BCUT2D eigenvalue weighted by Crippen LogP contribution is -2.33. The summed E-state index contributed by atoms with van der Waals surface area (Å²) in [6, 6.07) is 6.08. The van der Waals surface area contributed by atoms with E-state index in [1.54, 1.807) is 12.1 Å². The van der Waals surface area contributed by atoms with E-state index < -0.39 is 4.92 Å². The number of nitro groups is 1. The summed E-state index contributed by atoms with van der Waals surface area (Å²) in [5.74, 6) is 0.466. The lowest BCUT2D eigenvalue weighted by atomic mass is 10.3. The minimum atomic E-state index is -0.451. The SMILES string of the molecule is O=[N+]([O-])c1cccc(OC[C@@H]2COCCO2)c1. The number of ether oxygens (including phenoxy) is 3. The third-order valence-corrected chi connectivity index (χ3v) is 2.35. The number of benzene rings is 1. The van der Waals surface area contributed by atoms with Gasteiger partial charge in [0.15, 0.2) is 0 Å². The Morgan fingerprint density at radius 1 is 1.47 bits per heavy atom. The van der Waals surface area contributed by atoms with E-state index >= 15 is 0 Å². The zero-order valence-corrected chi connectivity index (χ0v) is 9.20. The van der Waals surface area contributed by atoms with Crippen LogP contribution in [0.2, 0.25) is 0 Å². The largest absolute Gasteiger partial charge is 0.491 e. The van der Waals surface area contributed by atoms with Crippen molar-refractivity contribution in [1.29, 1.82) is 0 Å². The summed E-state index contributed by atoms with van der Waals surface area (Å²) in [5.41, 5.74) is 0.0170. The molecule has 1 aromatic carbocycles. The van der Waals surface area contributed by atoms with Crippen LogP contribution in [0.3, 0.4) is 0 Å². The van der Waals surface area contributed by atoms with Gasteiger partial charge < -0.3 is 14.2 Å². The zero-order valence-electron chi connectivity index (χ0n) is 9.20. The van der Waals surface area contributed by atoms with Crippen molar-refractivity contribution in [3.63, 3.8) is 0 Å². The Hall–Kier alpha value is -1.66. The molecule has 2 rings (SSSR count). The molecule has 0 spiro atoms. The van der Waals surface area contributed by atoms with E-state index in [2.05, 4.69) is 0 Å². The third kappa shape index (κ3) is 3.40. The van der Waals surface area contributed by atoms with Gasteiger partial charge in [-0.1, -0.05) is 6.07 Å². The average Bonchev–Trinajstić information content (AvgIpc) is 2.38. The van der Waals surface area contributed by atoms with Crippen LogP contribution in [0.15, 0.2) is 24.3 Å². The summed E-state index contributed by atoms with van der Waals surface area (Å²) >= 11 is 0. The molecular weight excluding hydrogens is 226 g/mol. The molecule has 1 heterocycles. The van der Waals surface area contributed by atoms with Gasteiger partial charge in [0.25, 0.3) is 5.69 Å². The van der Waals surface area contributed by atoms with E-state index in [0.29, 0.717) is 32.2 Å². The Morgan fingerprint density at radius 3 is 3.06 bits per heavy atom. The second kappa shape index (κ2) is 5.60. The highest BCUT2D eigenvalue weighted by Gasteiger charge is 2.15. The van der Waals surface area contributed by atoms with Crippen LogP contribution >= 0.6 is 0 Å². The molecule has 6 nitrogen and oxygen atoms in total. The molecule has 0 aliphatic carbocycles. The third-order valence-electron chi connectivity index (χ3n) is 2.35. The lowest BCUT2D eigenvalue weighted by molar-refractivity contribution is -0.384. The van der Waals surface area contributed by atoms with Gasteiger partial charge in [0, 0.05) is 6.07 Å². The van der Waals surface area contributed by atoms with Crippen molar-refractivity contribution in [2.24, 2.45) is 0 Å². The molecule has 1 aromatic rings. The molecule has 1 atom stereocenters. The molecule has 17 heavy (non-hydrogen) atoms. The molecule has 0 N–H and O–H groups in total. The molecule has 1 aliphatic rings. The van der Waals surface area contributed by atoms with Crippen molar-refractivity contribution in [2.75, 3.05) is 26.4 Å². The predicted molar refractivity (Wildman–Crippen MR) is 59.2 cm³/mol. The van der Waals surface area contributed by atoms with Gasteiger partial charge in [-0.2, -0.15) is 0 Å². The van der Waals surface area contributed by atoms with Gasteiger partial charge >= 0.3 is 0 Å².